The van der Waals surface area contributed by atoms with Crippen LogP contribution in [0.25, 0.3) is 4.98 Å². The molecule has 0 saturated carbocycles. The number of ether oxygens (including phenoxy) is 1. The van der Waals surface area contributed by atoms with Crippen LogP contribution in [-0.4, -0.2) is 16.7 Å². The van der Waals surface area contributed by atoms with Gasteiger partial charge in [-0.1, -0.05) is 13.0 Å². The Morgan fingerprint density at radius 2 is 2.36 bits per heavy atom. The number of hydrogen-bond donors (Lipinski definition) is 0. The van der Waals surface area contributed by atoms with E-state index in [4.69, 9.17) is 10.1 Å². The Bertz CT molecular complexity index is 284. The average molecular weight is 195 g/mol. The van der Waals surface area contributed by atoms with Gasteiger partial charge < -0.3 is 10.2 Å². The van der Waals surface area contributed by atoms with Crippen LogP contribution in [0.2, 0.25) is 0 Å². The van der Waals surface area contributed by atoms with E-state index in [-0.39, 0.29) is 5.48 Å². The molecule has 1 aromatic heterocycles. The van der Waals surface area contributed by atoms with E-state index in [9.17, 15) is 0 Å². The molecule has 0 aliphatic heterocycles. The van der Waals surface area contributed by atoms with Gasteiger partial charge in [0.05, 0.1) is 6.42 Å². The van der Waals surface area contributed by atoms with Crippen LogP contribution in [0.15, 0.2) is 24.4 Å². The molecule has 14 heavy (non-hydrogen) atoms. The normalized spacial score (nSPS) is 10.9. The predicted molar refractivity (Wildman–Crippen MR) is 50.6 cm³/mol. The maximum atomic E-state index is 8.59. The van der Waals surface area contributed by atoms with Gasteiger partial charge in [-0.25, -0.2) is 4.98 Å². The van der Waals surface area contributed by atoms with E-state index in [0.717, 1.165) is 6.42 Å². The van der Waals surface area contributed by atoms with Gasteiger partial charge in [-0.2, -0.15) is 0 Å². The van der Waals surface area contributed by atoms with Crippen molar-refractivity contribution in [2.24, 2.45) is 0 Å². The second-order valence-corrected chi connectivity index (χ2v) is 2.64. The molecule has 1 N–H and O–H groups in total. The highest BCUT2D eigenvalue weighted by atomic mass is 16.5. The lowest BCUT2D eigenvalue weighted by Gasteiger charge is -2.00. The molecule has 1 atom stereocenters. The topological polar surface area (TPSA) is 80.3 Å². The van der Waals surface area contributed by atoms with Crippen LogP contribution in [0.3, 0.4) is 0 Å². The third-order valence-corrected chi connectivity index (χ3v) is 1.56. The van der Waals surface area contributed by atoms with E-state index in [1.165, 1.54) is 0 Å². The number of rotatable bonds is 4. The van der Waals surface area contributed by atoms with Crippen molar-refractivity contribution in [2.75, 3.05) is 0 Å². The van der Waals surface area contributed by atoms with Gasteiger partial charge in [-0.3, -0.25) is 0 Å². The summed E-state index contributed by atoms with van der Waals surface area (Å²) >= 11 is 0. The molecule has 0 spiro atoms. The molecular formula is C9H13N3O2. The number of hydrogen-bond acceptors (Lipinski definition) is 4. The summed E-state index contributed by atoms with van der Waals surface area (Å²) in [5.74, 6) is 0.485. The minimum Gasteiger partial charge on any atom is -0.870 e. The zero-order chi connectivity index (χ0) is 9.52. The first kappa shape index (κ1) is 12.3. The van der Waals surface area contributed by atoms with Crippen molar-refractivity contribution < 1.29 is 10.2 Å². The van der Waals surface area contributed by atoms with Gasteiger partial charge in [0.25, 0.3) is 0 Å². The molecule has 0 bridgehead atoms. The predicted octanol–water partition coefficient (Wildman–Crippen LogP) is 2.26. The Balaban J connectivity index is 0.00000169. The number of aromatic nitrogens is 1. The van der Waals surface area contributed by atoms with E-state index in [0.29, 0.717) is 12.3 Å². The van der Waals surface area contributed by atoms with E-state index in [2.05, 4.69) is 9.96 Å². The molecule has 0 aromatic carbocycles. The third-order valence-electron chi connectivity index (χ3n) is 1.56. The minimum absolute atomic E-state index is 0. The lowest BCUT2D eigenvalue weighted by molar-refractivity contribution is 0.223. The van der Waals surface area contributed by atoms with Gasteiger partial charge >= 0.3 is 6.23 Å². The fourth-order valence-corrected chi connectivity index (χ4v) is 0.943. The summed E-state index contributed by atoms with van der Waals surface area (Å²) < 4.78 is 5.28. The zero-order valence-corrected chi connectivity index (χ0v) is 8.00. The smallest absolute Gasteiger partial charge is 0.457 e. The summed E-state index contributed by atoms with van der Waals surface area (Å²) in [5.41, 5.74) is 0. The highest BCUT2D eigenvalue weighted by Gasteiger charge is 2.20. The lowest BCUT2D eigenvalue weighted by atomic mass is 10.3. The molecule has 0 aliphatic carbocycles. The summed E-state index contributed by atoms with van der Waals surface area (Å²) in [6.07, 6.45) is 2.73. The molecule has 1 heterocycles. The standard InChI is InChI=1S/C9H12N3O.H2O/c1-2-5-9(12-10)13-8-6-3-4-7-11-8;/h3-4,6-7,9H,2,5H2,1H3;1H2/q+1;/p-1. The van der Waals surface area contributed by atoms with Crippen LogP contribution in [0, 0.1) is 5.39 Å². The van der Waals surface area contributed by atoms with E-state index < -0.39 is 6.23 Å². The van der Waals surface area contributed by atoms with E-state index in [1.54, 1.807) is 18.3 Å². The van der Waals surface area contributed by atoms with E-state index in [1.807, 2.05) is 13.0 Å². The summed E-state index contributed by atoms with van der Waals surface area (Å²) in [6, 6.07) is 5.36. The molecular weight excluding hydrogens is 182 g/mol. The number of nitrogens with zero attached hydrogens (tertiary/aromatic N) is 3. The maximum Gasteiger partial charge on any atom is 0.457 e. The average Bonchev–Trinajstić information content (AvgIpc) is 2.19. The first-order valence-corrected chi connectivity index (χ1v) is 4.28. The summed E-state index contributed by atoms with van der Waals surface area (Å²) in [7, 11) is 0. The molecule has 1 rings (SSSR count). The van der Waals surface area contributed by atoms with Crippen molar-refractivity contribution >= 4 is 0 Å². The first-order valence-electron chi connectivity index (χ1n) is 4.28. The van der Waals surface area contributed by atoms with Crippen molar-refractivity contribution in [3.8, 4) is 5.88 Å². The van der Waals surface area contributed by atoms with Crippen molar-refractivity contribution in [3.05, 3.63) is 29.4 Å². The van der Waals surface area contributed by atoms with Crippen LogP contribution < -0.4 is 4.74 Å². The number of pyridine rings is 1. The SMILES string of the molecule is CCCC([N+]#N)Oc1ccccn1.[OH-]. The fraction of sp³-hybridized carbons (Fsp3) is 0.444. The Kier molecular flexibility index (Phi) is 5.99. The van der Waals surface area contributed by atoms with Gasteiger partial charge in [0.2, 0.25) is 11.3 Å². The minimum atomic E-state index is -0.500. The molecule has 0 radical (unpaired) electrons. The molecule has 0 fully saturated rings. The monoisotopic (exact) mass is 195 g/mol. The molecule has 1 unspecified atom stereocenters. The van der Waals surface area contributed by atoms with Crippen LogP contribution in [-0.2, 0) is 0 Å². The largest absolute Gasteiger partial charge is 0.870 e. The van der Waals surface area contributed by atoms with Crippen molar-refractivity contribution in [3.63, 3.8) is 0 Å². The van der Waals surface area contributed by atoms with Gasteiger partial charge in [0, 0.05) is 12.3 Å². The molecule has 0 amide bonds. The lowest BCUT2D eigenvalue weighted by Crippen LogP contribution is -2.11. The van der Waals surface area contributed by atoms with Crippen LogP contribution in [0.5, 0.6) is 5.88 Å². The van der Waals surface area contributed by atoms with Crippen LogP contribution in [0.4, 0.5) is 0 Å². The summed E-state index contributed by atoms with van der Waals surface area (Å²) in [4.78, 5) is 7.07. The molecule has 0 saturated heterocycles. The molecule has 76 valence electrons. The fourth-order valence-electron chi connectivity index (χ4n) is 0.943. The highest BCUT2D eigenvalue weighted by Crippen LogP contribution is 2.10. The second kappa shape index (κ2) is 6.80. The van der Waals surface area contributed by atoms with Gasteiger partial charge in [0.1, 0.15) is 0 Å². The second-order valence-electron chi connectivity index (χ2n) is 2.64. The number of diazo groups is 1. The van der Waals surface area contributed by atoms with Crippen LogP contribution >= 0.6 is 0 Å². The van der Waals surface area contributed by atoms with Gasteiger partial charge in [0.15, 0.2) is 4.98 Å². The molecule has 5 heteroatoms. The van der Waals surface area contributed by atoms with Crippen molar-refractivity contribution in [1.82, 2.24) is 4.98 Å². The molecule has 0 aliphatic rings. The Morgan fingerprint density at radius 1 is 1.57 bits per heavy atom. The third kappa shape index (κ3) is 3.83. The molecule has 1 aromatic rings. The van der Waals surface area contributed by atoms with E-state index >= 15 is 0 Å². The first-order chi connectivity index (χ1) is 6.36. The summed E-state index contributed by atoms with van der Waals surface area (Å²) in [6.45, 7) is 2.00. The van der Waals surface area contributed by atoms with Crippen molar-refractivity contribution in [2.45, 2.75) is 26.0 Å². The summed E-state index contributed by atoms with van der Waals surface area (Å²) in [5, 5.41) is 8.59. The van der Waals surface area contributed by atoms with Crippen LogP contribution in [0.1, 0.15) is 19.8 Å². The van der Waals surface area contributed by atoms with Gasteiger partial charge in [-0.15, -0.1) is 0 Å². The highest BCUT2D eigenvalue weighted by molar-refractivity contribution is 5.09. The van der Waals surface area contributed by atoms with Crippen molar-refractivity contribution in [1.29, 1.82) is 5.39 Å². The Morgan fingerprint density at radius 3 is 2.86 bits per heavy atom. The maximum absolute atomic E-state index is 8.59. The quantitative estimate of drug-likeness (QED) is 0.690. The van der Waals surface area contributed by atoms with Gasteiger partial charge in [-0.05, 0) is 12.5 Å². The Labute approximate surface area is 82.7 Å². The zero-order valence-electron chi connectivity index (χ0n) is 8.00. The molecule has 5 nitrogen and oxygen atoms in total. The Hall–Kier alpha value is -1.67.